The second-order valence-corrected chi connectivity index (χ2v) is 11.0. The molecule has 16 heteroatoms. The lowest BCUT2D eigenvalue weighted by Gasteiger charge is -2.37. The first-order valence-corrected chi connectivity index (χ1v) is 12.8. The summed E-state index contributed by atoms with van der Waals surface area (Å²) in [5.41, 5.74) is -10.5. The minimum absolute atomic E-state index is 0.0406. The van der Waals surface area contributed by atoms with Gasteiger partial charge in [-0.3, -0.25) is 4.79 Å². The van der Waals surface area contributed by atoms with Gasteiger partial charge >= 0.3 is 21.6 Å². The van der Waals surface area contributed by atoms with E-state index in [1.165, 1.54) is 0 Å². The number of fused-ring (bicyclic) bond motifs is 6. The Morgan fingerprint density at radius 1 is 0.949 bits per heavy atom. The molecule has 5 rings (SSSR count). The normalized spacial score (nSPS) is 17.8. The quantitative estimate of drug-likeness (QED) is 0.115. The summed E-state index contributed by atoms with van der Waals surface area (Å²) in [6.45, 7) is 1.08. The van der Waals surface area contributed by atoms with Crippen LogP contribution in [0.4, 0.5) is 30.7 Å². The molecule has 1 unspecified atom stereocenters. The van der Waals surface area contributed by atoms with Gasteiger partial charge in [0.1, 0.15) is 26.9 Å². The summed E-state index contributed by atoms with van der Waals surface area (Å²) in [6.07, 6.45) is 0. The van der Waals surface area contributed by atoms with E-state index >= 15 is 13.2 Å². The van der Waals surface area contributed by atoms with E-state index in [-0.39, 0.29) is 28.9 Å². The van der Waals surface area contributed by atoms with Gasteiger partial charge in [-0.05, 0) is 47.6 Å². The minimum Gasteiger partial charge on any atom is -0.441 e. The summed E-state index contributed by atoms with van der Waals surface area (Å²) in [6, 6.07) is 4.46. The van der Waals surface area contributed by atoms with Crippen LogP contribution in [0.25, 0.3) is 0 Å². The van der Waals surface area contributed by atoms with Gasteiger partial charge in [0.2, 0.25) is 5.75 Å². The maximum atomic E-state index is 15.6. The van der Waals surface area contributed by atoms with E-state index in [0.717, 1.165) is 31.2 Å². The van der Waals surface area contributed by atoms with Crippen molar-refractivity contribution in [3.8, 4) is 11.5 Å². The number of halogens is 7. The molecule has 0 saturated carbocycles. The van der Waals surface area contributed by atoms with Gasteiger partial charge in [0, 0.05) is 22.3 Å². The fourth-order valence-electron chi connectivity index (χ4n) is 4.40. The maximum Gasteiger partial charge on any atom is 0.534 e. The molecule has 0 fully saturated rings. The van der Waals surface area contributed by atoms with E-state index in [1.807, 2.05) is 0 Å². The lowest BCUT2D eigenvalue weighted by molar-refractivity contribution is -0.120. The van der Waals surface area contributed by atoms with Crippen LogP contribution in [0.3, 0.4) is 0 Å². The third-order valence-electron chi connectivity index (χ3n) is 6.13. The molecular formula is C23H9F7O7SSi. The molecule has 0 amide bonds. The van der Waals surface area contributed by atoms with Gasteiger partial charge in [0.15, 0.2) is 17.2 Å². The lowest BCUT2D eigenvalue weighted by Crippen LogP contribution is -2.52. The molecule has 0 aromatic heterocycles. The zero-order valence-electron chi connectivity index (χ0n) is 18.9. The molecule has 0 N–H and O–H groups in total. The monoisotopic (exact) mass is 590 g/mol. The van der Waals surface area contributed by atoms with E-state index in [4.69, 9.17) is 4.74 Å². The van der Waals surface area contributed by atoms with Crippen molar-refractivity contribution in [2.75, 3.05) is 0 Å². The zero-order chi connectivity index (χ0) is 28.7. The van der Waals surface area contributed by atoms with Crippen LogP contribution in [0.2, 0.25) is 0 Å². The molecule has 39 heavy (non-hydrogen) atoms. The Kier molecular flexibility index (Phi) is 5.84. The highest BCUT2D eigenvalue weighted by atomic mass is 32.2. The van der Waals surface area contributed by atoms with E-state index < -0.39 is 87.2 Å². The molecule has 202 valence electrons. The first-order valence-electron chi connectivity index (χ1n) is 10.4. The number of hydrogen-bond donors (Lipinski definition) is 0. The summed E-state index contributed by atoms with van der Waals surface area (Å²) in [5.74, 6) is -9.47. The van der Waals surface area contributed by atoms with Crippen LogP contribution in [0.5, 0.6) is 11.5 Å². The highest BCUT2D eigenvalue weighted by Gasteiger charge is 2.55. The maximum absolute atomic E-state index is 15.6. The third-order valence-corrected chi connectivity index (χ3v) is 8.56. The molecular weight excluding hydrogens is 581 g/mol. The zero-order valence-corrected chi connectivity index (χ0v) is 20.7. The van der Waals surface area contributed by atoms with Gasteiger partial charge in [-0.25, -0.2) is 22.4 Å². The summed E-state index contributed by atoms with van der Waals surface area (Å²) < 4.78 is 136. The molecule has 2 heterocycles. The molecule has 3 aromatic carbocycles. The fraction of sp³-hybridized carbons (Fsp3) is 0.130. The van der Waals surface area contributed by atoms with Crippen molar-refractivity contribution in [1.82, 2.24) is 0 Å². The van der Waals surface area contributed by atoms with Crippen molar-refractivity contribution >= 4 is 42.5 Å². The molecule has 0 bridgehead atoms. The van der Waals surface area contributed by atoms with Crippen LogP contribution in [0.1, 0.15) is 32.6 Å². The number of esters is 1. The highest BCUT2D eigenvalue weighted by Crippen LogP contribution is 2.49. The first kappa shape index (κ1) is 26.7. The van der Waals surface area contributed by atoms with Crippen molar-refractivity contribution in [1.29, 1.82) is 0 Å². The lowest BCUT2D eigenvalue weighted by atomic mass is 9.78. The summed E-state index contributed by atoms with van der Waals surface area (Å²) in [5, 5.41) is -1.19. The van der Waals surface area contributed by atoms with Gasteiger partial charge in [-0.15, -0.1) is 0 Å². The number of carbonyl (C=O) groups excluding carboxylic acids is 2. The number of alkyl halides is 3. The Morgan fingerprint density at radius 3 is 2.18 bits per heavy atom. The molecule has 0 saturated heterocycles. The van der Waals surface area contributed by atoms with Gasteiger partial charge in [-0.1, -0.05) is 0 Å². The van der Waals surface area contributed by atoms with Gasteiger partial charge in [-0.2, -0.15) is 21.6 Å². The van der Waals surface area contributed by atoms with Crippen LogP contribution < -0.4 is 19.3 Å². The third kappa shape index (κ3) is 3.72. The van der Waals surface area contributed by atoms with Crippen molar-refractivity contribution in [2.24, 2.45) is 0 Å². The molecule has 3 aromatic rings. The van der Waals surface area contributed by atoms with E-state index in [0.29, 0.717) is 6.07 Å². The smallest absolute Gasteiger partial charge is 0.441 e. The van der Waals surface area contributed by atoms with Crippen LogP contribution in [0.15, 0.2) is 30.3 Å². The van der Waals surface area contributed by atoms with E-state index in [2.05, 4.69) is 8.92 Å². The Hall–Kier alpha value is -3.92. The van der Waals surface area contributed by atoms with E-state index in [1.54, 1.807) is 0 Å². The minimum atomic E-state index is -6.53. The Morgan fingerprint density at radius 2 is 1.56 bits per heavy atom. The number of rotatable bonds is 4. The SMILES string of the molecule is Cc1c(F)cc2c(c1F)[Si]c1c(cc(F)c(OS(=O)(=O)C(F)(F)F)c1F)C21OC(=O)c2cc(OC=O)ccc21. The fourth-order valence-corrected chi connectivity index (χ4v) is 6.40. The Labute approximate surface area is 216 Å². The molecule has 1 spiro atoms. The highest BCUT2D eigenvalue weighted by molar-refractivity contribution is 7.88. The average Bonchev–Trinajstić information content (AvgIpc) is 3.14. The summed E-state index contributed by atoms with van der Waals surface area (Å²) in [7, 11) is -7.70. The number of ether oxygens (including phenoxy) is 2. The molecule has 2 aliphatic rings. The topological polar surface area (TPSA) is 96.0 Å². The van der Waals surface area contributed by atoms with E-state index in [9.17, 15) is 35.6 Å². The van der Waals surface area contributed by atoms with Crippen LogP contribution in [0, 0.1) is 30.2 Å². The molecule has 1 atom stereocenters. The Bertz CT molecular complexity index is 1720. The second kappa shape index (κ2) is 8.54. The summed E-state index contributed by atoms with van der Waals surface area (Å²) >= 11 is 0. The van der Waals surface area contributed by atoms with Gasteiger partial charge in [0.05, 0.1) is 5.56 Å². The predicted molar refractivity (Wildman–Crippen MR) is 117 cm³/mol. The van der Waals surface area contributed by atoms with Crippen molar-refractivity contribution in [2.45, 2.75) is 18.0 Å². The van der Waals surface area contributed by atoms with Crippen LogP contribution in [-0.2, 0) is 25.3 Å². The standard InChI is InChI=1S/C23H9F7O7SSi/c1-8-14(24)5-12-19(16(8)26)39-20-13(6-15(25)18(17(20)27)37-38(33,34)23(28,29)30)22(12)11-3-2-9(35-7-31)4-10(11)21(32)36-22/h2-7H,1H3. The van der Waals surface area contributed by atoms with Crippen molar-refractivity contribution in [3.63, 3.8) is 0 Å². The molecule has 2 radical (unpaired) electrons. The van der Waals surface area contributed by atoms with Gasteiger partial charge < -0.3 is 13.7 Å². The van der Waals surface area contributed by atoms with Crippen molar-refractivity contribution < 1.29 is 62.4 Å². The first-order chi connectivity index (χ1) is 18.1. The molecule has 0 aliphatic carbocycles. The van der Waals surface area contributed by atoms with Crippen molar-refractivity contribution in [3.05, 3.63) is 81.4 Å². The Balaban J connectivity index is 1.85. The van der Waals surface area contributed by atoms with Crippen LogP contribution in [-0.4, -0.2) is 35.9 Å². The van der Waals surface area contributed by atoms with Gasteiger partial charge in [0.25, 0.3) is 6.47 Å². The average molecular weight is 590 g/mol. The second-order valence-electron chi connectivity index (χ2n) is 8.24. The molecule has 2 aliphatic heterocycles. The number of carbonyl (C=O) groups is 2. The molecule has 7 nitrogen and oxygen atoms in total. The number of benzene rings is 3. The van der Waals surface area contributed by atoms with Crippen LogP contribution >= 0.6 is 0 Å². The number of hydrogen-bond acceptors (Lipinski definition) is 7. The summed E-state index contributed by atoms with van der Waals surface area (Å²) in [4.78, 5) is 23.6. The largest absolute Gasteiger partial charge is 0.534 e. The predicted octanol–water partition coefficient (Wildman–Crippen LogP) is 2.75.